The van der Waals surface area contributed by atoms with Crippen molar-refractivity contribution >= 4 is 23.1 Å². The van der Waals surface area contributed by atoms with E-state index in [1.165, 1.54) is 0 Å². The van der Waals surface area contributed by atoms with E-state index in [1.807, 2.05) is 26.8 Å². The van der Waals surface area contributed by atoms with Gasteiger partial charge in [0.1, 0.15) is 5.75 Å². The molecule has 5 heteroatoms. The van der Waals surface area contributed by atoms with Crippen molar-refractivity contribution in [3.05, 3.63) is 29.8 Å². The van der Waals surface area contributed by atoms with E-state index in [1.54, 1.807) is 18.2 Å². The summed E-state index contributed by atoms with van der Waals surface area (Å²) in [4.78, 5) is 12.5. The Labute approximate surface area is 119 Å². The Hall–Kier alpha value is -1.62. The van der Waals surface area contributed by atoms with Crippen molar-refractivity contribution in [3.8, 4) is 5.75 Å². The minimum atomic E-state index is -0.322. The molecule has 1 aromatic rings. The third-order valence-corrected chi connectivity index (χ3v) is 2.95. The van der Waals surface area contributed by atoms with Gasteiger partial charge < -0.3 is 15.8 Å². The van der Waals surface area contributed by atoms with E-state index < -0.39 is 0 Å². The number of carbonyl (C=O) groups excluding carboxylic acids is 1. The Morgan fingerprint density at radius 2 is 2.05 bits per heavy atom. The number of hydrogen-bond acceptors (Lipinski definition) is 3. The Kier molecular flexibility index (Phi) is 5.76. The van der Waals surface area contributed by atoms with Crippen LogP contribution in [0.4, 0.5) is 0 Å². The van der Waals surface area contributed by atoms with Gasteiger partial charge in [-0.05, 0) is 25.0 Å². The predicted molar refractivity (Wildman–Crippen MR) is 80.5 cm³/mol. The zero-order chi connectivity index (χ0) is 14.4. The molecule has 3 N–H and O–H groups in total. The van der Waals surface area contributed by atoms with Crippen LogP contribution in [0.15, 0.2) is 24.3 Å². The number of thiocarbonyl (C=S) groups is 1. The Bertz CT molecular complexity index is 461. The molecule has 0 bridgehead atoms. The lowest BCUT2D eigenvalue weighted by molar-refractivity contribution is 0.0936. The molecule has 0 aliphatic carbocycles. The Morgan fingerprint density at radius 1 is 1.42 bits per heavy atom. The van der Waals surface area contributed by atoms with Crippen molar-refractivity contribution in [2.45, 2.75) is 26.8 Å². The van der Waals surface area contributed by atoms with E-state index in [9.17, 15) is 4.79 Å². The summed E-state index contributed by atoms with van der Waals surface area (Å²) in [6.45, 7) is 6.30. The van der Waals surface area contributed by atoms with Gasteiger partial charge in [-0.2, -0.15) is 0 Å². The first-order valence-electron chi connectivity index (χ1n) is 6.29. The van der Waals surface area contributed by atoms with Crippen LogP contribution >= 0.6 is 12.2 Å². The molecule has 0 saturated heterocycles. The molecule has 0 heterocycles. The number of hydrogen-bond donors (Lipinski definition) is 2. The van der Waals surface area contributed by atoms with Crippen LogP contribution in [0.5, 0.6) is 5.75 Å². The Balaban J connectivity index is 2.91. The summed E-state index contributed by atoms with van der Waals surface area (Å²) in [7, 11) is 0. The van der Waals surface area contributed by atoms with Gasteiger partial charge in [0.15, 0.2) is 0 Å². The molecule has 0 aromatic heterocycles. The zero-order valence-electron chi connectivity index (χ0n) is 11.5. The fourth-order valence-corrected chi connectivity index (χ4v) is 2.05. The summed E-state index contributed by atoms with van der Waals surface area (Å²) >= 11 is 4.98. The predicted octanol–water partition coefficient (Wildman–Crippen LogP) is 2.13. The third kappa shape index (κ3) is 4.21. The number of rotatable bonds is 6. The highest BCUT2D eigenvalue weighted by molar-refractivity contribution is 7.80. The van der Waals surface area contributed by atoms with Crippen LogP contribution in [0, 0.1) is 5.92 Å². The fraction of sp³-hybridized carbons (Fsp3) is 0.429. The summed E-state index contributed by atoms with van der Waals surface area (Å²) in [5.74, 6) is 0.476. The van der Waals surface area contributed by atoms with Gasteiger partial charge in [-0.3, -0.25) is 4.79 Å². The first-order valence-corrected chi connectivity index (χ1v) is 6.70. The molecule has 0 aliphatic heterocycles. The highest BCUT2D eigenvalue weighted by Gasteiger charge is 2.21. The summed E-state index contributed by atoms with van der Waals surface area (Å²) in [5, 5.41) is 2.85. The average molecular weight is 280 g/mol. The van der Waals surface area contributed by atoms with Crippen molar-refractivity contribution in [3.63, 3.8) is 0 Å². The number of para-hydroxylation sites is 1. The zero-order valence-corrected chi connectivity index (χ0v) is 12.3. The van der Waals surface area contributed by atoms with Gasteiger partial charge in [-0.1, -0.05) is 38.2 Å². The van der Waals surface area contributed by atoms with Gasteiger partial charge in [0.25, 0.3) is 5.91 Å². The molecule has 104 valence electrons. The summed E-state index contributed by atoms with van der Waals surface area (Å²) in [6.07, 6.45) is 0. The van der Waals surface area contributed by atoms with Gasteiger partial charge in [-0.25, -0.2) is 0 Å². The van der Waals surface area contributed by atoms with Crippen molar-refractivity contribution in [1.29, 1.82) is 0 Å². The van der Waals surface area contributed by atoms with E-state index >= 15 is 0 Å². The van der Waals surface area contributed by atoms with E-state index in [4.69, 9.17) is 22.7 Å². The molecule has 0 aliphatic rings. The van der Waals surface area contributed by atoms with Crippen molar-refractivity contribution < 1.29 is 9.53 Å². The van der Waals surface area contributed by atoms with Crippen molar-refractivity contribution in [1.82, 2.24) is 5.32 Å². The van der Waals surface area contributed by atoms with E-state index in [0.717, 1.165) is 0 Å². The van der Waals surface area contributed by atoms with Crippen LogP contribution in [0.1, 0.15) is 31.1 Å². The summed E-state index contributed by atoms with van der Waals surface area (Å²) in [5.41, 5.74) is 6.14. The number of amides is 1. The van der Waals surface area contributed by atoms with E-state index in [-0.39, 0.29) is 22.9 Å². The summed E-state index contributed by atoms with van der Waals surface area (Å²) in [6, 6.07) is 6.79. The second-order valence-corrected chi connectivity index (χ2v) is 5.00. The number of nitrogens with one attached hydrogen (secondary N) is 1. The van der Waals surface area contributed by atoms with Crippen molar-refractivity contribution in [2.75, 3.05) is 6.61 Å². The van der Waals surface area contributed by atoms with Crippen LogP contribution in [-0.2, 0) is 0 Å². The lowest BCUT2D eigenvalue weighted by atomic mass is 10.0. The molecule has 0 spiro atoms. The first-order chi connectivity index (χ1) is 8.97. The van der Waals surface area contributed by atoms with Gasteiger partial charge in [0.2, 0.25) is 0 Å². The average Bonchev–Trinajstić information content (AvgIpc) is 2.36. The van der Waals surface area contributed by atoms with Gasteiger partial charge in [-0.15, -0.1) is 0 Å². The molecular weight excluding hydrogens is 260 g/mol. The number of nitrogens with two attached hydrogens (primary N) is 1. The quantitative estimate of drug-likeness (QED) is 0.784. The van der Waals surface area contributed by atoms with Gasteiger partial charge in [0, 0.05) is 0 Å². The topological polar surface area (TPSA) is 64.3 Å². The van der Waals surface area contributed by atoms with Crippen LogP contribution in [0.25, 0.3) is 0 Å². The molecular formula is C14H20N2O2S. The molecule has 19 heavy (non-hydrogen) atoms. The van der Waals surface area contributed by atoms with Gasteiger partial charge >= 0.3 is 0 Å². The highest BCUT2D eigenvalue weighted by atomic mass is 32.1. The number of benzene rings is 1. The molecule has 1 rings (SSSR count). The molecule has 0 fully saturated rings. The Morgan fingerprint density at radius 3 is 2.58 bits per heavy atom. The monoisotopic (exact) mass is 280 g/mol. The molecule has 1 unspecified atom stereocenters. The maximum atomic E-state index is 12.3. The van der Waals surface area contributed by atoms with Crippen LogP contribution in [0.3, 0.4) is 0 Å². The van der Waals surface area contributed by atoms with E-state index in [2.05, 4.69) is 5.32 Å². The van der Waals surface area contributed by atoms with Gasteiger partial charge in [0.05, 0.1) is 23.2 Å². The molecule has 1 amide bonds. The maximum Gasteiger partial charge on any atom is 0.255 e. The van der Waals surface area contributed by atoms with Crippen LogP contribution in [-0.4, -0.2) is 23.5 Å². The van der Waals surface area contributed by atoms with E-state index in [0.29, 0.717) is 17.9 Å². The molecule has 1 atom stereocenters. The second kappa shape index (κ2) is 7.09. The standard InChI is InChI=1S/C14H20N2O2S/c1-4-18-11-8-6-5-7-10(11)14(17)16-12(9(2)3)13(15)19/h5-9,12H,4H2,1-3H3,(H2,15,19)(H,16,17). The minimum absolute atomic E-state index is 0.140. The fourth-order valence-electron chi connectivity index (χ4n) is 1.72. The lowest BCUT2D eigenvalue weighted by Gasteiger charge is -2.21. The molecule has 4 nitrogen and oxygen atoms in total. The number of ether oxygens (including phenoxy) is 1. The van der Waals surface area contributed by atoms with Crippen molar-refractivity contribution in [2.24, 2.45) is 11.7 Å². The largest absolute Gasteiger partial charge is 0.493 e. The van der Waals surface area contributed by atoms with Crippen LogP contribution in [0.2, 0.25) is 0 Å². The first kappa shape index (κ1) is 15.4. The number of carbonyl (C=O) groups is 1. The molecule has 0 saturated carbocycles. The normalized spacial score (nSPS) is 12.0. The smallest absolute Gasteiger partial charge is 0.255 e. The SMILES string of the molecule is CCOc1ccccc1C(=O)NC(C(N)=S)C(C)C. The summed E-state index contributed by atoms with van der Waals surface area (Å²) < 4.78 is 5.44. The maximum absolute atomic E-state index is 12.3. The minimum Gasteiger partial charge on any atom is -0.493 e. The van der Waals surface area contributed by atoms with Crippen LogP contribution < -0.4 is 15.8 Å². The lowest BCUT2D eigenvalue weighted by Crippen LogP contribution is -2.46. The molecule has 1 aromatic carbocycles. The highest BCUT2D eigenvalue weighted by Crippen LogP contribution is 2.18. The third-order valence-electron chi connectivity index (χ3n) is 2.69. The second-order valence-electron chi connectivity index (χ2n) is 4.53. The molecule has 0 radical (unpaired) electrons.